The van der Waals surface area contributed by atoms with Crippen LogP contribution in [0.4, 0.5) is 0 Å². The maximum absolute atomic E-state index is 11.7. The quantitative estimate of drug-likeness (QED) is 0.677. The molecule has 92 valence electrons. The number of carboxylic acids is 1. The molecule has 0 aromatic rings. The lowest BCUT2D eigenvalue weighted by molar-refractivity contribution is -0.148. The van der Waals surface area contributed by atoms with E-state index in [9.17, 15) is 14.7 Å². The van der Waals surface area contributed by atoms with Crippen molar-refractivity contribution in [2.45, 2.75) is 51.2 Å². The molecule has 2 atom stereocenters. The lowest BCUT2D eigenvalue weighted by Gasteiger charge is -2.20. The van der Waals surface area contributed by atoms with Gasteiger partial charge in [0.2, 0.25) is 5.91 Å². The molecule has 0 bridgehead atoms. The second kappa shape index (κ2) is 5.84. The fourth-order valence-electron chi connectivity index (χ4n) is 1.99. The van der Waals surface area contributed by atoms with Crippen molar-refractivity contribution >= 4 is 11.9 Å². The maximum atomic E-state index is 11.7. The molecule has 0 radical (unpaired) electrons. The van der Waals surface area contributed by atoms with Crippen molar-refractivity contribution < 1.29 is 19.8 Å². The van der Waals surface area contributed by atoms with E-state index < -0.39 is 18.1 Å². The van der Waals surface area contributed by atoms with E-state index in [1.807, 2.05) is 6.92 Å². The third-order valence-corrected chi connectivity index (χ3v) is 2.88. The number of carboxylic acid groups (broad SMARTS) is 1. The first-order valence-corrected chi connectivity index (χ1v) is 5.76. The Balaban J connectivity index is 2.50. The lowest BCUT2D eigenvalue weighted by atomic mass is 10.1. The summed E-state index contributed by atoms with van der Waals surface area (Å²) in [5, 5.41) is 18.3. The Hall–Kier alpha value is -1.10. The normalized spacial score (nSPS) is 24.8. The van der Waals surface area contributed by atoms with Gasteiger partial charge in [0, 0.05) is 19.4 Å². The Kier molecular flexibility index (Phi) is 4.73. The molecule has 1 saturated heterocycles. The summed E-state index contributed by atoms with van der Waals surface area (Å²) in [7, 11) is 0. The molecule has 5 nitrogen and oxygen atoms in total. The molecule has 5 heteroatoms. The Morgan fingerprint density at radius 2 is 2.06 bits per heavy atom. The van der Waals surface area contributed by atoms with E-state index in [1.165, 1.54) is 4.90 Å². The molecule has 1 heterocycles. The number of β-amino-alcohol motifs (C(OH)–C–C–N with tert-alkyl or cyclic N) is 1. The van der Waals surface area contributed by atoms with Crippen molar-refractivity contribution in [2.24, 2.45) is 0 Å². The monoisotopic (exact) mass is 229 g/mol. The van der Waals surface area contributed by atoms with E-state index in [-0.39, 0.29) is 18.9 Å². The highest BCUT2D eigenvalue weighted by Crippen LogP contribution is 2.19. The van der Waals surface area contributed by atoms with E-state index in [0.717, 1.165) is 19.3 Å². The molecule has 0 saturated carbocycles. The van der Waals surface area contributed by atoms with Crippen LogP contribution < -0.4 is 0 Å². The Morgan fingerprint density at radius 1 is 1.38 bits per heavy atom. The third kappa shape index (κ3) is 3.20. The van der Waals surface area contributed by atoms with E-state index in [1.54, 1.807) is 0 Å². The van der Waals surface area contributed by atoms with E-state index in [0.29, 0.717) is 6.42 Å². The second-order valence-electron chi connectivity index (χ2n) is 4.25. The van der Waals surface area contributed by atoms with Gasteiger partial charge in [0.05, 0.1) is 6.10 Å². The lowest BCUT2D eigenvalue weighted by Crippen LogP contribution is -2.40. The minimum Gasteiger partial charge on any atom is -0.480 e. The molecule has 1 aliphatic heterocycles. The minimum atomic E-state index is -1.03. The first kappa shape index (κ1) is 13.0. The molecule has 2 N–H and O–H groups in total. The first-order valence-electron chi connectivity index (χ1n) is 5.76. The highest BCUT2D eigenvalue weighted by molar-refractivity contribution is 5.84. The van der Waals surface area contributed by atoms with Gasteiger partial charge in [-0.2, -0.15) is 0 Å². The van der Waals surface area contributed by atoms with Gasteiger partial charge in [-0.15, -0.1) is 0 Å². The molecular weight excluding hydrogens is 210 g/mol. The van der Waals surface area contributed by atoms with Crippen molar-refractivity contribution in [2.75, 3.05) is 6.54 Å². The van der Waals surface area contributed by atoms with Crippen molar-refractivity contribution in [3.05, 3.63) is 0 Å². The first-order chi connectivity index (χ1) is 7.56. The Labute approximate surface area is 95.1 Å². The van der Waals surface area contributed by atoms with E-state index in [4.69, 9.17) is 5.11 Å². The van der Waals surface area contributed by atoms with Crippen LogP contribution in [0.2, 0.25) is 0 Å². The number of aliphatic carboxylic acids is 1. The van der Waals surface area contributed by atoms with Crippen molar-refractivity contribution in [1.29, 1.82) is 0 Å². The molecular formula is C11H19NO4. The zero-order valence-electron chi connectivity index (χ0n) is 9.56. The summed E-state index contributed by atoms with van der Waals surface area (Å²) in [5.41, 5.74) is 0. The summed E-state index contributed by atoms with van der Waals surface area (Å²) in [6.45, 7) is 2.20. The molecule has 0 spiro atoms. The van der Waals surface area contributed by atoms with Crippen LogP contribution in [0, 0.1) is 0 Å². The number of nitrogens with zero attached hydrogens (tertiary/aromatic N) is 1. The van der Waals surface area contributed by atoms with Crippen LogP contribution in [-0.4, -0.2) is 45.7 Å². The van der Waals surface area contributed by atoms with Crippen molar-refractivity contribution in [3.8, 4) is 0 Å². The van der Waals surface area contributed by atoms with Crippen LogP contribution in [0.25, 0.3) is 0 Å². The fourth-order valence-corrected chi connectivity index (χ4v) is 1.99. The molecule has 1 unspecified atom stereocenters. The predicted molar refractivity (Wildman–Crippen MR) is 57.9 cm³/mol. The van der Waals surface area contributed by atoms with Gasteiger partial charge in [-0.3, -0.25) is 4.79 Å². The molecule has 0 aromatic carbocycles. The van der Waals surface area contributed by atoms with Crippen LogP contribution in [-0.2, 0) is 9.59 Å². The number of unbranched alkanes of at least 4 members (excludes halogenated alkanes) is 2. The van der Waals surface area contributed by atoms with Gasteiger partial charge in [0.1, 0.15) is 6.04 Å². The van der Waals surface area contributed by atoms with Crippen LogP contribution >= 0.6 is 0 Å². The molecule has 0 aliphatic carbocycles. The van der Waals surface area contributed by atoms with Crippen molar-refractivity contribution in [3.63, 3.8) is 0 Å². The van der Waals surface area contributed by atoms with E-state index >= 15 is 0 Å². The van der Waals surface area contributed by atoms with Gasteiger partial charge in [-0.05, 0) is 6.42 Å². The molecule has 16 heavy (non-hydrogen) atoms. The highest BCUT2D eigenvalue weighted by Gasteiger charge is 2.38. The molecule has 1 rings (SSSR count). The zero-order valence-corrected chi connectivity index (χ0v) is 9.56. The number of aliphatic hydroxyl groups is 1. The summed E-state index contributed by atoms with van der Waals surface area (Å²) >= 11 is 0. The number of hydrogen-bond acceptors (Lipinski definition) is 3. The standard InChI is InChI=1S/C11H19NO4/c1-2-3-4-5-10(14)12-7-8(13)6-9(12)11(15)16/h8-9,13H,2-7H2,1H3,(H,15,16)/t8?,9-/m0/s1. The summed E-state index contributed by atoms with van der Waals surface area (Å²) in [4.78, 5) is 23.9. The number of carbonyl (C=O) groups is 2. The fraction of sp³-hybridized carbons (Fsp3) is 0.818. The molecule has 1 fully saturated rings. The Bertz CT molecular complexity index is 267. The van der Waals surface area contributed by atoms with Crippen LogP contribution in [0.1, 0.15) is 39.0 Å². The minimum absolute atomic E-state index is 0.148. The number of hydrogen-bond donors (Lipinski definition) is 2. The number of aliphatic hydroxyl groups excluding tert-OH is 1. The van der Waals surface area contributed by atoms with Crippen LogP contribution in [0.5, 0.6) is 0 Å². The SMILES string of the molecule is CCCCCC(=O)N1CC(O)C[C@H]1C(=O)O. The van der Waals surface area contributed by atoms with Gasteiger partial charge >= 0.3 is 5.97 Å². The van der Waals surface area contributed by atoms with Gasteiger partial charge in [0.15, 0.2) is 0 Å². The summed E-state index contributed by atoms with van der Waals surface area (Å²) in [6, 6.07) is -0.843. The van der Waals surface area contributed by atoms with Crippen molar-refractivity contribution in [1.82, 2.24) is 4.90 Å². The summed E-state index contributed by atoms with van der Waals surface area (Å²) < 4.78 is 0. The molecule has 1 amide bonds. The number of carbonyl (C=O) groups excluding carboxylic acids is 1. The molecule has 0 aromatic heterocycles. The largest absolute Gasteiger partial charge is 0.480 e. The summed E-state index contributed by atoms with van der Waals surface area (Å²) in [6.07, 6.45) is 2.61. The number of amides is 1. The predicted octanol–water partition coefficient (Wildman–Crippen LogP) is 0.613. The third-order valence-electron chi connectivity index (χ3n) is 2.88. The zero-order chi connectivity index (χ0) is 12.1. The second-order valence-corrected chi connectivity index (χ2v) is 4.25. The van der Waals surface area contributed by atoms with Gasteiger partial charge < -0.3 is 15.1 Å². The number of likely N-dealkylation sites (tertiary alicyclic amines) is 1. The topological polar surface area (TPSA) is 77.8 Å². The Morgan fingerprint density at radius 3 is 2.62 bits per heavy atom. The maximum Gasteiger partial charge on any atom is 0.326 e. The smallest absolute Gasteiger partial charge is 0.326 e. The van der Waals surface area contributed by atoms with Gasteiger partial charge in [0.25, 0.3) is 0 Å². The average molecular weight is 229 g/mol. The van der Waals surface area contributed by atoms with E-state index in [2.05, 4.69) is 0 Å². The van der Waals surface area contributed by atoms with Gasteiger partial charge in [-0.25, -0.2) is 4.79 Å². The van der Waals surface area contributed by atoms with Crippen LogP contribution in [0.15, 0.2) is 0 Å². The average Bonchev–Trinajstić information content (AvgIpc) is 2.61. The van der Waals surface area contributed by atoms with Crippen LogP contribution in [0.3, 0.4) is 0 Å². The molecule has 1 aliphatic rings. The summed E-state index contributed by atoms with van der Waals surface area (Å²) in [5.74, 6) is -1.18. The van der Waals surface area contributed by atoms with Gasteiger partial charge in [-0.1, -0.05) is 19.8 Å². The highest BCUT2D eigenvalue weighted by atomic mass is 16.4. The number of rotatable bonds is 5.